The smallest absolute Gasteiger partial charge is 0.227 e. The fourth-order valence-electron chi connectivity index (χ4n) is 3.95. The minimum atomic E-state index is -0.363. The lowest BCUT2D eigenvalue weighted by atomic mass is 10.1. The summed E-state index contributed by atoms with van der Waals surface area (Å²) in [6.07, 6.45) is 0.721. The van der Waals surface area contributed by atoms with E-state index in [2.05, 4.69) is 31.4 Å². The van der Waals surface area contributed by atoms with Crippen molar-refractivity contribution in [2.45, 2.75) is 19.3 Å². The van der Waals surface area contributed by atoms with Crippen molar-refractivity contribution in [3.63, 3.8) is 0 Å². The average Bonchev–Trinajstić information content (AvgIpc) is 3.42. The van der Waals surface area contributed by atoms with Crippen molar-refractivity contribution in [3.8, 4) is 22.1 Å². The number of nitrogens with one attached hydrogen (secondary N) is 1. The number of hydrogen-bond donors (Lipinski definition) is 1. The van der Waals surface area contributed by atoms with E-state index in [1.54, 1.807) is 31.3 Å². The van der Waals surface area contributed by atoms with Gasteiger partial charge in [-0.1, -0.05) is 57.6 Å². The number of anilines is 1. The lowest BCUT2D eigenvalue weighted by Gasteiger charge is -2.23. The number of nitrogens with zero attached hydrogens (tertiary/aromatic N) is 3. The lowest BCUT2D eigenvalue weighted by Crippen LogP contribution is -2.36. The van der Waals surface area contributed by atoms with Crippen LogP contribution in [0.25, 0.3) is 10.6 Å². The number of hydrogen-bond acceptors (Lipinski definition) is 7. The van der Waals surface area contributed by atoms with Crippen LogP contribution in [0.5, 0.6) is 11.5 Å². The molecule has 4 rings (SSSR count). The highest BCUT2D eigenvalue weighted by Gasteiger charge is 2.18. The van der Waals surface area contributed by atoms with Gasteiger partial charge in [0.2, 0.25) is 16.9 Å². The predicted molar refractivity (Wildman–Crippen MR) is 156 cm³/mol. The Bertz CT molecular complexity index is 1450. The van der Waals surface area contributed by atoms with Crippen LogP contribution in [0.1, 0.15) is 17.5 Å². The summed E-state index contributed by atoms with van der Waals surface area (Å²) in [6, 6.07) is 19.1. The van der Waals surface area contributed by atoms with E-state index in [0.717, 1.165) is 15.6 Å². The first-order valence-electron chi connectivity index (χ1n) is 12.5. The minimum Gasteiger partial charge on any atom is -0.493 e. The Morgan fingerprint density at radius 2 is 1.62 bits per heavy atom. The molecule has 0 saturated carbocycles. The van der Waals surface area contributed by atoms with Crippen LogP contribution < -0.4 is 14.8 Å². The van der Waals surface area contributed by atoms with Crippen LogP contribution in [0.4, 0.5) is 9.52 Å². The van der Waals surface area contributed by atoms with E-state index in [1.165, 1.54) is 23.5 Å². The second-order valence-electron chi connectivity index (χ2n) is 8.84. The number of benzene rings is 3. The van der Waals surface area contributed by atoms with Crippen molar-refractivity contribution in [3.05, 3.63) is 88.1 Å². The van der Waals surface area contributed by atoms with E-state index in [9.17, 15) is 14.0 Å². The van der Waals surface area contributed by atoms with Gasteiger partial charge >= 0.3 is 0 Å². The van der Waals surface area contributed by atoms with Crippen LogP contribution in [-0.4, -0.2) is 54.2 Å². The van der Waals surface area contributed by atoms with Crippen molar-refractivity contribution in [2.24, 2.45) is 0 Å². The molecule has 0 aliphatic heterocycles. The summed E-state index contributed by atoms with van der Waals surface area (Å²) in [5, 5.41) is 12.1. The molecule has 0 radical (unpaired) electrons. The number of carbonyl (C=O) groups is 2. The molecule has 0 spiro atoms. The molecule has 0 fully saturated rings. The zero-order valence-electron chi connectivity index (χ0n) is 22.0. The number of aromatic nitrogens is 2. The summed E-state index contributed by atoms with van der Waals surface area (Å²) < 4.78 is 25.0. The Kier molecular flexibility index (Phi) is 10.2. The second-order valence-corrected chi connectivity index (χ2v) is 10.7. The van der Waals surface area contributed by atoms with E-state index in [0.29, 0.717) is 40.2 Å². The van der Waals surface area contributed by atoms with E-state index < -0.39 is 0 Å². The molecule has 208 valence electrons. The molecule has 0 atom stereocenters. The van der Waals surface area contributed by atoms with Crippen LogP contribution in [0.3, 0.4) is 0 Å². The molecule has 1 aromatic heterocycles. The molecule has 2 amide bonds. The van der Waals surface area contributed by atoms with Gasteiger partial charge in [-0.25, -0.2) is 4.39 Å². The first-order chi connectivity index (χ1) is 19.3. The summed E-state index contributed by atoms with van der Waals surface area (Å²) in [5.74, 6) is 0.422. The Morgan fingerprint density at radius 1 is 0.925 bits per heavy atom. The minimum absolute atomic E-state index is 0.0777. The molecule has 8 nitrogen and oxygen atoms in total. The maximum atomic E-state index is 13.3. The van der Waals surface area contributed by atoms with Gasteiger partial charge in [0.1, 0.15) is 10.8 Å². The molecule has 0 aliphatic rings. The number of methoxy groups -OCH3 is 2. The second kappa shape index (κ2) is 14.0. The molecule has 1 N–H and O–H groups in total. The highest BCUT2D eigenvalue weighted by molar-refractivity contribution is 9.10. The van der Waals surface area contributed by atoms with Crippen molar-refractivity contribution < 1.29 is 23.5 Å². The van der Waals surface area contributed by atoms with Crippen molar-refractivity contribution >= 4 is 44.2 Å². The van der Waals surface area contributed by atoms with Gasteiger partial charge in [-0.15, -0.1) is 10.2 Å². The number of rotatable bonds is 12. The number of halogens is 2. The molecule has 0 unspecified atom stereocenters. The third-order valence-corrected chi connectivity index (χ3v) is 7.53. The molecule has 1 heterocycles. The molecule has 4 aromatic rings. The number of ether oxygens (including phenoxy) is 2. The highest BCUT2D eigenvalue weighted by atomic mass is 79.9. The normalized spacial score (nSPS) is 10.7. The van der Waals surface area contributed by atoms with Gasteiger partial charge in [0.05, 0.1) is 20.6 Å². The van der Waals surface area contributed by atoms with Crippen LogP contribution in [0, 0.1) is 5.82 Å². The summed E-state index contributed by atoms with van der Waals surface area (Å²) in [4.78, 5) is 27.6. The third-order valence-electron chi connectivity index (χ3n) is 6.11. The van der Waals surface area contributed by atoms with Gasteiger partial charge in [0.15, 0.2) is 11.5 Å². The molecule has 11 heteroatoms. The summed E-state index contributed by atoms with van der Waals surface area (Å²) in [5.41, 5.74) is 2.55. The molecule has 0 aliphatic carbocycles. The van der Waals surface area contributed by atoms with E-state index in [-0.39, 0.29) is 37.0 Å². The number of carbonyl (C=O) groups excluding carboxylic acids is 2. The quantitative estimate of drug-likeness (QED) is 0.215. The largest absolute Gasteiger partial charge is 0.493 e. The molecular formula is C29H28BrFN4O4S. The first-order valence-corrected chi connectivity index (χ1v) is 14.1. The molecule has 3 aromatic carbocycles. The predicted octanol–water partition coefficient (Wildman–Crippen LogP) is 5.77. The number of amides is 2. The van der Waals surface area contributed by atoms with E-state index >= 15 is 0 Å². The Labute approximate surface area is 244 Å². The standard InChI is InChI=1S/C29H28BrFN4O4S/c1-38-24-12-5-20(17-25(24)39-2)13-15-35(27(37)18-19-3-10-23(31)11-4-19)16-14-26(36)32-29-34-33-28(40-29)21-6-8-22(30)9-7-21/h3-12,17H,13-16,18H2,1-2H3,(H,32,34,36). The van der Waals surface area contributed by atoms with Crippen LogP contribution in [0.2, 0.25) is 0 Å². The van der Waals surface area contributed by atoms with Crippen LogP contribution in [-0.2, 0) is 22.4 Å². The first kappa shape index (κ1) is 29.2. The van der Waals surface area contributed by atoms with Gasteiger partial charge in [-0.3, -0.25) is 9.59 Å². The summed E-state index contributed by atoms with van der Waals surface area (Å²) in [6.45, 7) is 0.590. The fraction of sp³-hybridized carbons (Fsp3) is 0.241. The molecule has 40 heavy (non-hydrogen) atoms. The van der Waals surface area contributed by atoms with Crippen molar-refractivity contribution in [1.82, 2.24) is 15.1 Å². The van der Waals surface area contributed by atoms with Gasteiger partial charge in [0, 0.05) is 29.5 Å². The van der Waals surface area contributed by atoms with Gasteiger partial charge in [-0.2, -0.15) is 0 Å². The third kappa shape index (κ3) is 8.09. The SMILES string of the molecule is COc1ccc(CCN(CCC(=O)Nc2nnc(-c3ccc(Br)cc3)s2)C(=O)Cc2ccc(F)cc2)cc1OC. The van der Waals surface area contributed by atoms with Crippen molar-refractivity contribution in [2.75, 3.05) is 32.6 Å². The van der Waals surface area contributed by atoms with Gasteiger partial charge in [-0.05, 0) is 53.9 Å². The van der Waals surface area contributed by atoms with E-state index in [1.807, 2.05) is 42.5 Å². The maximum Gasteiger partial charge on any atom is 0.227 e. The zero-order valence-corrected chi connectivity index (χ0v) is 24.4. The maximum absolute atomic E-state index is 13.3. The molecule has 0 saturated heterocycles. The Balaban J connectivity index is 1.40. The Hall–Kier alpha value is -3.83. The Morgan fingerprint density at radius 3 is 2.33 bits per heavy atom. The summed E-state index contributed by atoms with van der Waals surface area (Å²) in [7, 11) is 3.14. The summed E-state index contributed by atoms with van der Waals surface area (Å²) >= 11 is 4.68. The van der Waals surface area contributed by atoms with Crippen molar-refractivity contribution in [1.29, 1.82) is 0 Å². The molecule has 0 bridgehead atoms. The molecular weight excluding hydrogens is 599 g/mol. The monoisotopic (exact) mass is 626 g/mol. The zero-order chi connectivity index (χ0) is 28.5. The van der Waals surface area contributed by atoms with Crippen LogP contribution in [0.15, 0.2) is 71.2 Å². The van der Waals surface area contributed by atoms with E-state index in [4.69, 9.17) is 9.47 Å². The van der Waals surface area contributed by atoms with Crippen LogP contribution >= 0.6 is 27.3 Å². The average molecular weight is 628 g/mol. The fourth-order valence-corrected chi connectivity index (χ4v) is 4.98. The highest BCUT2D eigenvalue weighted by Crippen LogP contribution is 2.28. The topological polar surface area (TPSA) is 93.6 Å². The lowest BCUT2D eigenvalue weighted by molar-refractivity contribution is -0.130. The van der Waals surface area contributed by atoms with Gasteiger partial charge in [0.25, 0.3) is 0 Å². The van der Waals surface area contributed by atoms with Gasteiger partial charge < -0.3 is 19.7 Å².